The maximum Gasteiger partial charge on any atom is 0.513 e. The Morgan fingerprint density at radius 1 is 0.789 bits per heavy atom. The summed E-state index contributed by atoms with van der Waals surface area (Å²) in [6.07, 6.45) is -0.679. The number of carbonyl (C=O) groups excluding carboxylic acids is 2. The standard InChI is InChI=1S/C30H20O8/c1-3-35-29(33)37-27-17-11-7-13-5-9-15-21-19(13)23(17)24-18(28(27)38-30(34)36-4-2)12-8-14-6-10-16(22(21)20(14)24)26(32)25(15)31/h5-9,11-12,27H,3-4,10H2,1-2H3. The Bertz CT molecular complexity index is 2110. The quantitative estimate of drug-likeness (QED) is 0.157. The Balaban J connectivity index is 1.74. The highest BCUT2D eigenvalue weighted by molar-refractivity contribution is 6.36. The molecule has 38 heavy (non-hydrogen) atoms. The topological polar surface area (TPSA) is 105 Å². The van der Waals surface area contributed by atoms with E-state index in [1.807, 2.05) is 36.4 Å². The smallest absolute Gasteiger partial charge is 0.435 e. The molecule has 0 aliphatic heterocycles. The molecule has 0 fully saturated rings. The van der Waals surface area contributed by atoms with E-state index in [4.69, 9.17) is 18.9 Å². The predicted molar refractivity (Wildman–Crippen MR) is 141 cm³/mol. The molecule has 8 heteroatoms. The minimum Gasteiger partial charge on any atom is -0.435 e. The molecule has 1 atom stereocenters. The van der Waals surface area contributed by atoms with Crippen LogP contribution in [0.3, 0.4) is 0 Å². The van der Waals surface area contributed by atoms with Crippen LogP contribution in [0.5, 0.6) is 0 Å². The van der Waals surface area contributed by atoms with Crippen LogP contribution in [0.2, 0.25) is 0 Å². The molecule has 5 aromatic rings. The van der Waals surface area contributed by atoms with Crippen molar-refractivity contribution < 1.29 is 28.5 Å². The van der Waals surface area contributed by atoms with Crippen molar-refractivity contribution >= 4 is 67.2 Å². The van der Waals surface area contributed by atoms with Gasteiger partial charge in [-0.3, -0.25) is 9.59 Å². The van der Waals surface area contributed by atoms with Gasteiger partial charge in [-0.1, -0.05) is 36.4 Å². The van der Waals surface area contributed by atoms with Crippen molar-refractivity contribution in [3.05, 3.63) is 78.4 Å². The lowest BCUT2D eigenvalue weighted by atomic mass is 9.79. The molecule has 8 nitrogen and oxygen atoms in total. The van der Waals surface area contributed by atoms with Crippen LogP contribution >= 0.6 is 0 Å². The van der Waals surface area contributed by atoms with Gasteiger partial charge < -0.3 is 18.9 Å². The van der Waals surface area contributed by atoms with Gasteiger partial charge in [-0.05, 0) is 58.5 Å². The SMILES string of the molecule is CCOC(=O)OC1=c2ccc3c4c5c(c(=O)c(=O)c6ccc7ccc(c(c24)c7c65)C1OC(=O)OCC)CC=3. The van der Waals surface area contributed by atoms with Crippen molar-refractivity contribution in [3.63, 3.8) is 0 Å². The summed E-state index contributed by atoms with van der Waals surface area (Å²) in [5.74, 6) is 0.0895. The first-order valence-corrected chi connectivity index (χ1v) is 12.4. The van der Waals surface area contributed by atoms with Gasteiger partial charge in [0.2, 0.25) is 10.9 Å². The lowest BCUT2D eigenvalue weighted by Gasteiger charge is -2.28. The second-order valence-electron chi connectivity index (χ2n) is 9.32. The van der Waals surface area contributed by atoms with Gasteiger partial charge in [0.25, 0.3) is 0 Å². The van der Waals surface area contributed by atoms with Crippen LogP contribution in [0.1, 0.15) is 31.1 Å². The highest BCUT2D eigenvalue weighted by Crippen LogP contribution is 2.46. The molecule has 1 unspecified atom stereocenters. The fourth-order valence-corrected chi connectivity index (χ4v) is 6.09. The van der Waals surface area contributed by atoms with Crippen LogP contribution in [0.15, 0.2) is 46.0 Å². The first kappa shape index (κ1) is 22.5. The van der Waals surface area contributed by atoms with Gasteiger partial charge in [-0.15, -0.1) is 0 Å². The fraction of sp³-hybridized carbons (Fsp3) is 0.200. The molecule has 5 aromatic carbocycles. The van der Waals surface area contributed by atoms with Crippen LogP contribution in [0.25, 0.3) is 54.9 Å². The number of ether oxygens (including phenoxy) is 4. The molecular formula is C30H20O8. The zero-order valence-electron chi connectivity index (χ0n) is 20.5. The van der Waals surface area contributed by atoms with Crippen molar-refractivity contribution in [3.8, 4) is 0 Å². The van der Waals surface area contributed by atoms with E-state index < -0.39 is 29.3 Å². The average Bonchev–Trinajstić information content (AvgIpc) is 2.91. The molecule has 0 aromatic heterocycles. The van der Waals surface area contributed by atoms with Crippen molar-refractivity contribution in [2.24, 2.45) is 0 Å². The molecule has 0 heterocycles. The minimum absolute atomic E-state index is 0.0895. The Morgan fingerprint density at radius 3 is 2.34 bits per heavy atom. The highest BCUT2D eigenvalue weighted by Gasteiger charge is 2.35. The first-order chi connectivity index (χ1) is 18.4. The Kier molecular flexibility index (Phi) is 4.67. The highest BCUT2D eigenvalue weighted by atomic mass is 16.8. The van der Waals surface area contributed by atoms with Crippen LogP contribution in [-0.4, -0.2) is 25.5 Å². The van der Waals surface area contributed by atoms with Gasteiger partial charge >= 0.3 is 12.3 Å². The molecule has 0 spiro atoms. The van der Waals surface area contributed by atoms with Crippen LogP contribution in [0.4, 0.5) is 9.59 Å². The van der Waals surface area contributed by atoms with Gasteiger partial charge in [0.05, 0.1) is 13.2 Å². The third-order valence-electron chi connectivity index (χ3n) is 7.48. The molecule has 0 saturated carbocycles. The van der Waals surface area contributed by atoms with E-state index in [0.717, 1.165) is 42.9 Å². The zero-order chi connectivity index (χ0) is 26.3. The monoisotopic (exact) mass is 508 g/mol. The molecule has 188 valence electrons. The molecule has 0 amide bonds. The molecule has 7 rings (SSSR count). The summed E-state index contributed by atoms with van der Waals surface area (Å²) < 4.78 is 21.6. The normalized spacial score (nSPS) is 15.5. The van der Waals surface area contributed by atoms with Gasteiger partial charge in [-0.2, -0.15) is 0 Å². The number of rotatable bonds is 4. The van der Waals surface area contributed by atoms with Crippen molar-refractivity contribution in [2.45, 2.75) is 26.4 Å². The molecule has 0 saturated heterocycles. The summed E-state index contributed by atoms with van der Waals surface area (Å²) in [4.78, 5) is 51.4. The van der Waals surface area contributed by atoms with Gasteiger partial charge in [0, 0.05) is 32.5 Å². The molecule has 0 radical (unpaired) electrons. The lowest BCUT2D eigenvalue weighted by molar-refractivity contribution is 0.0283. The number of hydrogen-bond donors (Lipinski definition) is 0. The van der Waals surface area contributed by atoms with E-state index in [9.17, 15) is 19.2 Å². The molecular weight excluding hydrogens is 488 g/mol. The van der Waals surface area contributed by atoms with Crippen molar-refractivity contribution in [1.82, 2.24) is 0 Å². The van der Waals surface area contributed by atoms with Crippen LogP contribution < -0.4 is 21.3 Å². The Morgan fingerprint density at radius 2 is 1.55 bits per heavy atom. The zero-order valence-corrected chi connectivity index (χ0v) is 20.5. The number of carbonyl (C=O) groups is 2. The summed E-state index contributed by atoms with van der Waals surface area (Å²) in [6.45, 7) is 3.52. The van der Waals surface area contributed by atoms with E-state index in [1.54, 1.807) is 19.9 Å². The Labute approximate surface area is 213 Å². The van der Waals surface area contributed by atoms with E-state index in [-0.39, 0.29) is 19.0 Å². The van der Waals surface area contributed by atoms with Crippen LogP contribution in [0, 0.1) is 0 Å². The van der Waals surface area contributed by atoms with E-state index >= 15 is 0 Å². The molecule has 0 N–H and O–H groups in total. The minimum atomic E-state index is -1.11. The summed E-state index contributed by atoms with van der Waals surface area (Å²) >= 11 is 0. The van der Waals surface area contributed by atoms with Crippen molar-refractivity contribution in [1.29, 1.82) is 0 Å². The summed E-state index contributed by atoms with van der Waals surface area (Å²) in [6, 6.07) is 10.9. The Hall–Kier alpha value is -4.72. The molecule has 2 aliphatic carbocycles. The summed E-state index contributed by atoms with van der Waals surface area (Å²) in [5, 5.41) is 7.29. The van der Waals surface area contributed by atoms with E-state index in [0.29, 0.717) is 28.2 Å². The lowest BCUT2D eigenvalue weighted by Crippen LogP contribution is -2.32. The number of benzene rings is 5. The van der Waals surface area contributed by atoms with E-state index in [2.05, 4.69) is 0 Å². The first-order valence-electron chi connectivity index (χ1n) is 12.4. The van der Waals surface area contributed by atoms with Crippen molar-refractivity contribution in [2.75, 3.05) is 13.2 Å². The summed E-state index contributed by atoms with van der Waals surface area (Å²) in [7, 11) is 0. The van der Waals surface area contributed by atoms with E-state index in [1.165, 1.54) is 0 Å². The third kappa shape index (κ3) is 2.80. The second kappa shape index (κ2) is 7.89. The maximum atomic E-state index is 13.2. The molecule has 0 bridgehead atoms. The average molecular weight is 508 g/mol. The van der Waals surface area contributed by atoms with Gasteiger partial charge in [0.1, 0.15) is 0 Å². The summed E-state index contributed by atoms with van der Waals surface area (Å²) in [5.41, 5.74) is 0.0133. The fourth-order valence-electron chi connectivity index (χ4n) is 6.09. The predicted octanol–water partition coefficient (Wildman–Crippen LogP) is 3.74. The number of hydrogen-bond acceptors (Lipinski definition) is 8. The molecule has 2 aliphatic rings. The van der Waals surface area contributed by atoms with Gasteiger partial charge in [-0.25, -0.2) is 9.59 Å². The van der Waals surface area contributed by atoms with Crippen LogP contribution in [-0.2, 0) is 25.4 Å². The largest absolute Gasteiger partial charge is 0.513 e. The third-order valence-corrected chi connectivity index (χ3v) is 7.48. The second-order valence-corrected chi connectivity index (χ2v) is 9.32. The van der Waals surface area contributed by atoms with Gasteiger partial charge in [0.15, 0.2) is 11.9 Å². The maximum absolute atomic E-state index is 13.2.